The average Bonchev–Trinajstić information content (AvgIpc) is 2.08. The second-order valence-corrected chi connectivity index (χ2v) is 4.38. The Morgan fingerprint density at radius 2 is 2.00 bits per heavy atom. The maximum atomic E-state index is 11.3. The Bertz CT molecular complexity index is 309. The van der Waals surface area contributed by atoms with Crippen LogP contribution in [0.4, 0.5) is 4.79 Å². The van der Waals surface area contributed by atoms with Crippen LogP contribution in [0.5, 0.6) is 0 Å². The maximum absolute atomic E-state index is 11.3. The Balaban J connectivity index is 4.30. The lowest BCUT2D eigenvalue weighted by Gasteiger charge is -2.21. The molecule has 0 saturated heterocycles. The van der Waals surface area contributed by atoms with E-state index < -0.39 is 35.2 Å². The predicted octanol–water partition coefficient (Wildman–Crippen LogP) is 0.631. The van der Waals surface area contributed by atoms with Gasteiger partial charge in [0.1, 0.15) is 11.6 Å². The zero-order valence-corrected chi connectivity index (χ0v) is 9.93. The van der Waals surface area contributed by atoms with Crippen molar-refractivity contribution in [2.24, 2.45) is 0 Å². The van der Waals surface area contributed by atoms with Crippen LogP contribution >= 0.6 is 0 Å². The Morgan fingerprint density at radius 1 is 1.47 bits per heavy atom. The first-order valence-corrected chi connectivity index (χ1v) is 4.96. The number of alkyl carbamates (subject to hydrolysis) is 1. The van der Waals surface area contributed by atoms with Crippen LogP contribution in [0.1, 0.15) is 27.2 Å². The highest BCUT2D eigenvalue weighted by Gasteiger charge is 2.25. The van der Waals surface area contributed by atoms with Crippen LogP contribution in [0, 0.1) is 10.1 Å². The van der Waals surface area contributed by atoms with Gasteiger partial charge in [0, 0.05) is 11.3 Å². The first-order valence-electron chi connectivity index (χ1n) is 4.96. The second kappa shape index (κ2) is 6.02. The molecule has 0 rings (SSSR count). The standard InChI is InChI=1S/C9H16N2O6/c1-9(2,3)17-8(14)10-6(7(12)13)4-5-11(15)16/h6H,4-5H2,1-3H3,(H,10,14)(H,12,13)/t6-/m0/s1. The van der Waals surface area contributed by atoms with Gasteiger partial charge in [0.25, 0.3) is 0 Å². The molecule has 0 aliphatic rings. The summed E-state index contributed by atoms with van der Waals surface area (Å²) < 4.78 is 4.84. The summed E-state index contributed by atoms with van der Waals surface area (Å²) >= 11 is 0. The molecule has 0 spiro atoms. The van der Waals surface area contributed by atoms with E-state index in [9.17, 15) is 19.7 Å². The third-order valence-corrected chi connectivity index (χ3v) is 1.59. The van der Waals surface area contributed by atoms with Crippen molar-refractivity contribution in [3.8, 4) is 0 Å². The highest BCUT2D eigenvalue weighted by atomic mass is 16.6. The highest BCUT2D eigenvalue weighted by molar-refractivity contribution is 5.79. The van der Waals surface area contributed by atoms with Crippen molar-refractivity contribution in [1.82, 2.24) is 5.32 Å². The van der Waals surface area contributed by atoms with Crippen LogP contribution in [0.3, 0.4) is 0 Å². The molecule has 0 fully saturated rings. The number of nitrogens with one attached hydrogen (secondary N) is 1. The summed E-state index contributed by atoms with van der Waals surface area (Å²) in [7, 11) is 0. The molecule has 98 valence electrons. The van der Waals surface area contributed by atoms with Crippen LogP contribution in [0.15, 0.2) is 0 Å². The summed E-state index contributed by atoms with van der Waals surface area (Å²) in [6.45, 7) is 4.34. The zero-order chi connectivity index (χ0) is 13.6. The van der Waals surface area contributed by atoms with Gasteiger partial charge >= 0.3 is 12.1 Å². The number of hydrogen-bond acceptors (Lipinski definition) is 5. The van der Waals surface area contributed by atoms with Crippen molar-refractivity contribution in [2.75, 3.05) is 6.54 Å². The van der Waals surface area contributed by atoms with E-state index in [0.29, 0.717) is 0 Å². The first kappa shape index (κ1) is 15.1. The Morgan fingerprint density at radius 3 is 2.35 bits per heavy atom. The molecule has 0 aliphatic carbocycles. The third kappa shape index (κ3) is 8.00. The van der Waals surface area contributed by atoms with Crippen LogP contribution in [0.25, 0.3) is 0 Å². The Labute approximate surface area is 98.1 Å². The van der Waals surface area contributed by atoms with Crippen molar-refractivity contribution in [3.05, 3.63) is 10.1 Å². The fraction of sp³-hybridized carbons (Fsp3) is 0.778. The number of amides is 1. The maximum Gasteiger partial charge on any atom is 0.408 e. The zero-order valence-electron chi connectivity index (χ0n) is 9.93. The molecule has 8 heteroatoms. The lowest BCUT2D eigenvalue weighted by Crippen LogP contribution is -2.44. The minimum absolute atomic E-state index is 0.290. The molecule has 0 aromatic carbocycles. The summed E-state index contributed by atoms with van der Waals surface area (Å²) in [5.74, 6) is -1.34. The molecular formula is C9H16N2O6. The topological polar surface area (TPSA) is 119 Å². The number of nitrogens with zero attached hydrogens (tertiary/aromatic N) is 1. The van der Waals surface area contributed by atoms with Gasteiger partial charge in [-0.2, -0.15) is 0 Å². The smallest absolute Gasteiger partial charge is 0.408 e. The number of carbonyl (C=O) groups excluding carboxylic acids is 1. The van der Waals surface area contributed by atoms with Gasteiger partial charge in [-0.25, -0.2) is 9.59 Å². The van der Waals surface area contributed by atoms with Gasteiger partial charge in [0.15, 0.2) is 0 Å². The lowest BCUT2D eigenvalue weighted by atomic mass is 10.2. The lowest BCUT2D eigenvalue weighted by molar-refractivity contribution is -0.480. The van der Waals surface area contributed by atoms with E-state index in [4.69, 9.17) is 9.84 Å². The Kier molecular flexibility index (Phi) is 5.36. The van der Waals surface area contributed by atoms with Gasteiger partial charge in [0.2, 0.25) is 6.54 Å². The number of rotatable bonds is 5. The van der Waals surface area contributed by atoms with E-state index in [1.165, 1.54) is 0 Å². The largest absolute Gasteiger partial charge is 0.480 e. The SMILES string of the molecule is CC(C)(C)OC(=O)N[C@@H](CC[N+](=O)[O-])C(=O)O. The van der Waals surface area contributed by atoms with Crippen molar-refractivity contribution in [3.63, 3.8) is 0 Å². The third-order valence-electron chi connectivity index (χ3n) is 1.59. The molecule has 2 N–H and O–H groups in total. The predicted molar refractivity (Wildman–Crippen MR) is 57.3 cm³/mol. The van der Waals surface area contributed by atoms with E-state index in [2.05, 4.69) is 5.32 Å². The van der Waals surface area contributed by atoms with Crippen molar-refractivity contribution >= 4 is 12.1 Å². The number of aliphatic carboxylic acids is 1. The molecule has 0 aromatic heterocycles. The molecular weight excluding hydrogens is 232 g/mol. The van der Waals surface area contributed by atoms with Crippen LogP contribution in [-0.2, 0) is 9.53 Å². The van der Waals surface area contributed by atoms with Crippen molar-refractivity contribution in [1.29, 1.82) is 0 Å². The molecule has 0 saturated carbocycles. The monoisotopic (exact) mass is 248 g/mol. The van der Waals surface area contributed by atoms with Gasteiger partial charge in [-0.15, -0.1) is 0 Å². The van der Waals surface area contributed by atoms with E-state index in [1.54, 1.807) is 20.8 Å². The number of hydrogen-bond donors (Lipinski definition) is 2. The normalized spacial score (nSPS) is 12.6. The molecule has 0 radical (unpaired) electrons. The molecule has 8 nitrogen and oxygen atoms in total. The number of carboxylic acids is 1. The number of carboxylic acid groups (broad SMARTS) is 1. The molecule has 1 atom stereocenters. The van der Waals surface area contributed by atoms with E-state index >= 15 is 0 Å². The van der Waals surface area contributed by atoms with E-state index in [1.807, 2.05) is 0 Å². The minimum Gasteiger partial charge on any atom is -0.480 e. The molecule has 17 heavy (non-hydrogen) atoms. The fourth-order valence-electron chi connectivity index (χ4n) is 0.942. The summed E-state index contributed by atoms with van der Waals surface area (Å²) in [6.07, 6.45) is -1.20. The summed E-state index contributed by atoms with van der Waals surface area (Å²) in [5, 5.41) is 20.9. The molecule has 0 bridgehead atoms. The van der Waals surface area contributed by atoms with Crippen molar-refractivity contribution < 1.29 is 24.4 Å². The van der Waals surface area contributed by atoms with E-state index in [-0.39, 0.29) is 6.42 Å². The van der Waals surface area contributed by atoms with Gasteiger partial charge < -0.3 is 15.2 Å². The van der Waals surface area contributed by atoms with Gasteiger partial charge in [-0.3, -0.25) is 10.1 Å². The molecule has 1 amide bonds. The minimum atomic E-state index is -1.34. The Hall–Kier alpha value is -1.86. The summed E-state index contributed by atoms with van der Waals surface area (Å²) in [6, 6.07) is -1.32. The highest BCUT2D eigenvalue weighted by Crippen LogP contribution is 2.07. The number of nitro groups is 1. The van der Waals surface area contributed by atoms with Crippen LogP contribution < -0.4 is 5.32 Å². The molecule has 0 heterocycles. The quantitative estimate of drug-likeness (QED) is 0.544. The van der Waals surface area contributed by atoms with Gasteiger partial charge in [-0.05, 0) is 20.8 Å². The average molecular weight is 248 g/mol. The van der Waals surface area contributed by atoms with Gasteiger partial charge in [0.05, 0.1) is 0 Å². The van der Waals surface area contributed by atoms with Crippen LogP contribution in [-0.4, -0.2) is 40.3 Å². The molecule has 0 unspecified atom stereocenters. The summed E-state index contributed by atoms with van der Waals surface area (Å²) in [4.78, 5) is 31.4. The van der Waals surface area contributed by atoms with E-state index in [0.717, 1.165) is 0 Å². The van der Waals surface area contributed by atoms with Crippen molar-refractivity contribution in [2.45, 2.75) is 38.8 Å². The van der Waals surface area contributed by atoms with Crippen LogP contribution in [0.2, 0.25) is 0 Å². The van der Waals surface area contributed by atoms with Gasteiger partial charge in [-0.1, -0.05) is 0 Å². The second-order valence-electron chi connectivity index (χ2n) is 4.38. The first-order chi connectivity index (χ1) is 7.61. The fourth-order valence-corrected chi connectivity index (χ4v) is 0.942. The number of carbonyl (C=O) groups is 2. The summed E-state index contributed by atoms with van der Waals surface area (Å²) in [5.41, 5.74) is -0.754. The number of ether oxygens (including phenoxy) is 1. The molecule has 0 aliphatic heterocycles. The molecule has 0 aromatic rings.